The van der Waals surface area contributed by atoms with E-state index in [2.05, 4.69) is 29.1 Å². The molecule has 1 aliphatic rings. The van der Waals surface area contributed by atoms with Crippen molar-refractivity contribution in [1.82, 2.24) is 4.90 Å². The van der Waals surface area contributed by atoms with Crippen LogP contribution < -0.4 is 11.5 Å². The summed E-state index contributed by atoms with van der Waals surface area (Å²) in [6.07, 6.45) is 1.11. The topological polar surface area (TPSA) is 67.6 Å². The Morgan fingerprint density at radius 3 is 2.87 bits per heavy atom. The third-order valence-corrected chi connectivity index (χ3v) is 2.65. The second-order valence-electron chi connectivity index (χ2n) is 3.98. The van der Waals surface area contributed by atoms with Crippen LogP contribution >= 0.6 is 0 Å². The van der Waals surface area contributed by atoms with Gasteiger partial charge in [-0.3, -0.25) is 0 Å². The van der Waals surface area contributed by atoms with E-state index in [1.807, 2.05) is 6.07 Å². The van der Waals surface area contributed by atoms with Crippen LogP contribution in [0.2, 0.25) is 0 Å². The first-order valence-corrected chi connectivity index (χ1v) is 5.05. The zero-order valence-electron chi connectivity index (χ0n) is 8.90. The van der Waals surface area contributed by atoms with E-state index in [1.165, 1.54) is 11.1 Å². The van der Waals surface area contributed by atoms with Gasteiger partial charge in [0.1, 0.15) is 0 Å². The molecule has 0 radical (unpaired) electrons. The summed E-state index contributed by atoms with van der Waals surface area (Å²) in [7, 11) is 2.12. The van der Waals surface area contributed by atoms with Gasteiger partial charge in [0.05, 0.1) is 5.69 Å². The second-order valence-corrected chi connectivity index (χ2v) is 3.98. The van der Waals surface area contributed by atoms with Gasteiger partial charge in [-0.2, -0.15) is 0 Å². The highest BCUT2D eigenvalue weighted by molar-refractivity contribution is 5.79. The van der Waals surface area contributed by atoms with Gasteiger partial charge < -0.3 is 16.4 Å². The fourth-order valence-corrected chi connectivity index (χ4v) is 1.90. The van der Waals surface area contributed by atoms with Gasteiger partial charge in [0.15, 0.2) is 5.96 Å². The molecule has 0 fully saturated rings. The monoisotopic (exact) mass is 204 g/mol. The third-order valence-electron chi connectivity index (χ3n) is 2.65. The minimum Gasteiger partial charge on any atom is -0.370 e. The normalized spacial score (nSPS) is 15.8. The van der Waals surface area contributed by atoms with Crippen molar-refractivity contribution in [1.29, 1.82) is 0 Å². The molecule has 0 atom stereocenters. The molecule has 1 aromatic carbocycles. The molecule has 1 aliphatic heterocycles. The van der Waals surface area contributed by atoms with Gasteiger partial charge in [-0.1, -0.05) is 6.07 Å². The SMILES string of the molecule is CN1CCc2ccc(N=C(N)N)cc2C1. The van der Waals surface area contributed by atoms with Gasteiger partial charge in [0.2, 0.25) is 0 Å². The zero-order valence-corrected chi connectivity index (χ0v) is 8.90. The summed E-state index contributed by atoms with van der Waals surface area (Å²) in [6, 6.07) is 6.14. The molecule has 1 aromatic rings. The van der Waals surface area contributed by atoms with Crippen LogP contribution in [-0.4, -0.2) is 24.5 Å². The minimum absolute atomic E-state index is 0.110. The largest absolute Gasteiger partial charge is 0.370 e. The number of benzene rings is 1. The average molecular weight is 204 g/mol. The molecule has 0 saturated heterocycles. The average Bonchev–Trinajstić information content (AvgIpc) is 2.16. The first-order chi connectivity index (χ1) is 7.15. The molecule has 0 saturated carbocycles. The van der Waals surface area contributed by atoms with Crippen LogP contribution in [0.3, 0.4) is 0 Å². The maximum atomic E-state index is 5.35. The summed E-state index contributed by atoms with van der Waals surface area (Å²) in [5, 5.41) is 0. The number of rotatable bonds is 1. The van der Waals surface area contributed by atoms with Crippen LogP contribution in [0.5, 0.6) is 0 Å². The predicted octanol–water partition coefficient (Wildman–Crippen LogP) is 0.579. The van der Waals surface area contributed by atoms with E-state index in [0.29, 0.717) is 0 Å². The number of likely N-dealkylation sites (N-methyl/N-ethyl adjacent to an activating group) is 1. The van der Waals surface area contributed by atoms with Gasteiger partial charge in [0, 0.05) is 13.1 Å². The van der Waals surface area contributed by atoms with Crippen molar-refractivity contribution >= 4 is 11.6 Å². The number of fused-ring (bicyclic) bond motifs is 1. The van der Waals surface area contributed by atoms with E-state index < -0.39 is 0 Å². The van der Waals surface area contributed by atoms with Gasteiger partial charge in [-0.05, 0) is 36.7 Å². The molecule has 0 unspecified atom stereocenters. The number of hydrogen-bond donors (Lipinski definition) is 2. The van der Waals surface area contributed by atoms with E-state index >= 15 is 0 Å². The Bertz CT molecular complexity index is 394. The molecule has 0 amide bonds. The molecule has 4 heteroatoms. The van der Waals surface area contributed by atoms with E-state index in [4.69, 9.17) is 11.5 Å². The zero-order chi connectivity index (χ0) is 10.8. The van der Waals surface area contributed by atoms with E-state index in [0.717, 1.165) is 25.2 Å². The fraction of sp³-hybridized carbons (Fsp3) is 0.364. The van der Waals surface area contributed by atoms with Crippen molar-refractivity contribution in [3.8, 4) is 0 Å². The van der Waals surface area contributed by atoms with Crippen molar-refractivity contribution in [2.24, 2.45) is 16.5 Å². The van der Waals surface area contributed by atoms with Crippen LogP contribution in [0.15, 0.2) is 23.2 Å². The van der Waals surface area contributed by atoms with Crippen LogP contribution in [-0.2, 0) is 13.0 Å². The summed E-state index contributed by atoms with van der Waals surface area (Å²) in [5.74, 6) is 0.110. The molecule has 4 nitrogen and oxygen atoms in total. The van der Waals surface area contributed by atoms with Gasteiger partial charge in [-0.25, -0.2) is 4.99 Å². The van der Waals surface area contributed by atoms with E-state index in [-0.39, 0.29) is 5.96 Å². The molecule has 2 rings (SSSR count). The molecule has 80 valence electrons. The quantitative estimate of drug-likeness (QED) is 0.519. The van der Waals surface area contributed by atoms with Crippen LogP contribution in [0.25, 0.3) is 0 Å². The third kappa shape index (κ3) is 2.27. The number of nitrogens with two attached hydrogens (primary N) is 2. The van der Waals surface area contributed by atoms with Gasteiger partial charge in [-0.15, -0.1) is 0 Å². The molecule has 0 bridgehead atoms. The summed E-state index contributed by atoms with van der Waals surface area (Å²) in [5.41, 5.74) is 14.3. The maximum absolute atomic E-state index is 5.35. The van der Waals surface area contributed by atoms with Gasteiger partial charge in [0.25, 0.3) is 0 Å². The summed E-state index contributed by atoms with van der Waals surface area (Å²) < 4.78 is 0. The minimum atomic E-state index is 0.110. The Kier molecular flexibility index (Phi) is 2.60. The molecule has 15 heavy (non-hydrogen) atoms. The van der Waals surface area contributed by atoms with Crippen LogP contribution in [0, 0.1) is 0 Å². The number of aliphatic imine (C=N–C) groups is 1. The first kappa shape index (κ1) is 9.98. The number of guanidine groups is 1. The van der Waals surface area contributed by atoms with Crippen molar-refractivity contribution in [3.05, 3.63) is 29.3 Å². The lowest BCUT2D eigenvalue weighted by Crippen LogP contribution is -2.26. The lowest BCUT2D eigenvalue weighted by atomic mass is 10.00. The highest BCUT2D eigenvalue weighted by atomic mass is 15.1. The fourth-order valence-electron chi connectivity index (χ4n) is 1.90. The summed E-state index contributed by atoms with van der Waals surface area (Å²) in [4.78, 5) is 6.34. The van der Waals surface area contributed by atoms with E-state index in [1.54, 1.807) is 0 Å². The molecule has 0 aromatic heterocycles. The molecule has 0 aliphatic carbocycles. The summed E-state index contributed by atoms with van der Waals surface area (Å²) in [6.45, 7) is 2.10. The molecule has 4 N–H and O–H groups in total. The summed E-state index contributed by atoms with van der Waals surface area (Å²) >= 11 is 0. The van der Waals surface area contributed by atoms with Crippen LogP contribution in [0.4, 0.5) is 5.69 Å². The maximum Gasteiger partial charge on any atom is 0.191 e. The Hall–Kier alpha value is -1.55. The Labute approximate surface area is 89.6 Å². The van der Waals surface area contributed by atoms with Gasteiger partial charge >= 0.3 is 0 Å². The van der Waals surface area contributed by atoms with Crippen molar-refractivity contribution in [3.63, 3.8) is 0 Å². The van der Waals surface area contributed by atoms with Crippen molar-refractivity contribution in [2.45, 2.75) is 13.0 Å². The molecular weight excluding hydrogens is 188 g/mol. The second kappa shape index (κ2) is 3.90. The predicted molar refractivity (Wildman–Crippen MR) is 61.9 cm³/mol. The van der Waals surface area contributed by atoms with E-state index in [9.17, 15) is 0 Å². The number of hydrogen-bond acceptors (Lipinski definition) is 2. The lowest BCUT2D eigenvalue weighted by Gasteiger charge is -2.24. The van der Waals surface area contributed by atoms with Crippen LogP contribution in [0.1, 0.15) is 11.1 Å². The smallest absolute Gasteiger partial charge is 0.191 e. The first-order valence-electron chi connectivity index (χ1n) is 5.05. The van der Waals surface area contributed by atoms with Crippen molar-refractivity contribution in [2.75, 3.05) is 13.6 Å². The highest BCUT2D eigenvalue weighted by Gasteiger charge is 2.12. The Balaban J connectivity index is 2.32. The molecule has 0 spiro atoms. The lowest BCUT2D eigenvalue weighted by molar-refractivity contribution is 0.313. The molecular formula is C11H16N4. The molecule has 1 heterocycles. The van der Waals surface area contributed by atoms with Crippen molar-refractivity contribution < 1.29 is 0 Å². The highest BCUT2D eigenvalue weighted by Crippen LogP contribution is 2.23. The Morgan fingerprint density at radius 2 is 2.13 bits per heavy atom. The standard InChI is InChI=1S/C11H16N4/c1-15-5-4-8-2-3-10(14-11(12)13)6-9(8)7-15/h2-3,6H,4-5,7H2,1H3,(H4,12,13,14). The Morgan fingerprint density at radius 1 is 1.33 bits per heavy atom. The number of nitrogens with zero attached hydrogens (tertiary/aromatic N) is 2.